The van der Waals surface area contributed by atoms with Crippen molar-refractivity contribution in [1.82, 2.24) is 10.0 Å². The first kappa shape index (κ1) is 26.8. The summed E-state index contributed by atoms with van der Waals surface area (Å²) in [5.74, 6) is -0.898. The molecule has 1 unspecified atom stereocenters. The van der Waals surface area contributed by atoms with Gasteiger partial charge in [-0.1, -0.05) is 6.07 Å². The average molecular weight is 511 g/mol. The van der Waals surface area contributed by atoms with Gasteiger partial charge in [-0.2, -0.15) is 0 Å². The minimum Gasteiger partial charge on any atom is -0.496 e. The van der Waals surface area contributed by atoms with Crippen LogP contribution in [-0.4, -0.2) is 49.9 Å². The van der Waals surface area contributed by atoms with E-state index in [1.54, 1.807) is 18.2 Å². The zero-order valence-corrected chi connectivity index (χ0v) is 21.1. The van der Waals surface area contributed by atoms with Crippen LogP contribution >= 0.6 is 0 Å². The molecule has 2 atom stereocenters. The lowest BCUT2D eigenvalue weighted by Gasteiger charge is -2.28. The third kappa shape index (κ3) is 6.09. The van der Waals surface area contributed by atoms with Crippen LogP contribution in [0.4, 0.5) is 4.39 Å². The number of methoxy groups -OCH3 is 1. The number of nitrogens with one attached hydrogen (secondary N) is 1. The number of aromatic nitrogens is 1. The lowest BCUT2D eigenvalue weighted by molar-refractivity contribution is -0.201. The predicted octanol–water partition coefficient (Wildman–Crippen LogP) is 2.74. The Labute approximate surface area is 204 Å². The highest BCUT2D eigenvalue weighted by atomic mass is 32.2. The highest BCUT2D eigenvalue weighted by molar-refractivity contribution is 7.92. The summed E-state index contributed by atoms with van der Waals surface area (Å²) >= 11 is 0. The number of aryl methyl sites for hydroxylation is 2. The zero-order chi connectivity index (χ0) is 25.8. The summed E-state index contributed by atoms with van der Waals surface area (Å²) in [4.78, 5) is 30.8. The molecule has 1 saturated heterocycles. The van der Waals surface area contributed by atoms with Gasteiger partial charge in [-0.05, 0) is 56.4 Å². The van der Waals surface area contributed by atoms with Gasteiger partial charge < -0.3 is 14.0 Å². The molecule has 1 aliphatic heterocycles. The van der Waals surface area contributed by atoms with Crippen LogP contribution in [-0.2, 0) is 30.8 Å². The number of carbonyl (C=O) groups excluding carboxylic acids is 1. The van der Waals surface area contributed by atoms with E-state index in [9.17, 15) is 22.4 Å². The number of hydrogen-bond acceptors (Lipinski definition) is 7. The first-order valence-corrected chi connectivity index (χ1v) is 13.2. The van der Waals surface area contributed by atoms with Crippen molar-refractivity contribution in [3.63, 3.8) is 0 Å². The summed E-state index contributed by atoms with van der Waals surface area (Å²) in [7, 11) is -2.39. The molecular formula is C24H31FN2O7S. The number of hydroxylamine groups is 1. The number of halogens is 1. The third-order valence-electron chi connectivity index (χ3n) is 6.33. The average Bonchev–Trinajstić information content (AvgIpc) is 2.82. The quantitative estimate of drug-likeness (QED) is 0.516. The Kier molecular flexibility index (Phi) is 8.34. The molecule has 1 aliphatic rings. The smallest absolute Gasteiger partial charge is 0.264 e. The first-order chi connectivity index (χ1) is 16.5. The molecule has 2 heterocycles. The number of benzene rings is 1. The van der Waals surface area contributed by atoms with Crippen LogP contribution in [0, 0.1) is 12.7 Å². The monoisotopic (exact) mass is 510 g/mol. The van der Waals surface area contributed by atoms with Crippen molar-refractivity contribution < 1.29 is 31.9 Å². The number of ether oxygens (including phenoxy) is 2. The van der Waals surface area contributed by atoms with Crippen LogP contribution in [0.2, 0.25) is 0 Å². The molecule has 9 nitrogen and oxygen atoms in total. The Balaban J connectivity index is 1.78. The maximum absolute atomic E-state index is 14.9. The second kappa shape index (κ2) is 10.9. The Hall–Kier alpha value is -2.76. The molecule has 1 N–H and O–H groups in total. The molecule has 1 aromatic heterocycles. The van der Waals surface area contributed by atoms with Gasteiger partial charge in [0.2, 0.25) is 0 Å². The van der Waals surface area contributed by atoms with E-state index < -0.39 is 38.2 Å². The molecule has 1 amide bonds. The number of rotatable bonds is 9. The van der Waals surface area contributed by atoms with Gasteiger partial charge in [-0.3, -0.25) is 9.59 Å². The van der Waals surface area contributed by atoms with E-state index in [4.69, 9.17) is 14.3 Å². The van der Waals surface area contributed by atoms with Crippen LogP contribution in [0.3, 0.4) is 0 Å². The van der Waals surface area contributed by atoms with Gasteiger partial charge in [0, 0.05) is 43.7 Å². The molecule has 192 valence electrons. The van der Waals surface area contributed by atoms with Gasteiger partial charge in [0.25, 0.3) is 11.5 Å². The molecule has 0 saturated carbocycles. The van der Waals surface area contributed by atoms with Crippen molar-refractivity contribution in [2.24, 2.45) is 0 Å². The van der Waals surface area contributed by atoms with E-state index in [2.05, 4.69) is 5.48 Å². The number of carbonyl (C=O) groups is 1. The Bertz CT molecular complexity index is 1240. The summed E-state index contributed by atoms with van der Waals surface area (Å²) in [5, 5.41) is 0. The van der Waals surface area contributed by atoms with Crippen LogP contribution in [0.1, 0.15) is 38.2 Å². The fourth-order valence-corrected chi connectivity index (χ4v) is 4.66. The van der Waals surface area contributed by atoms with E-state index in [0.29, 0.717) is 24.3 Å². The second-order valence-corrected chi connectivity index (χ2v) is 11.3. The molecule has 3 rings (SSSR count). The third-order valence-corrected chi connectivity index (χ3v) is 8.36. The van der Waals surface area contributed by atoms with Crippen molar-refractivity contribution in [2.75, 3.05) is 20.0 Å². The number of hydrogen-bond donors (Lipinski definition) is 1. The van der Waals surface area contributed by atoms with E-state index in [-0.39, 0.29) is 18.5 Å². The van der Waals surface area contributed by atoms with Gasteiger partial charge in [0.05, 0.1) is 7.11 Å². The summed E-state index contributed by atoms with van der Waals surface area (Å²) in [6.07, 6.45) is 3.35. The van der Waals surface area contributed by atoms with Gasteiger partial charge in [-0.25, -0.2) is 23.1 Å². The van der Waals surface area contributed by atoms with Crippen LogP contribution in [0.25, 0.3) is 11.1 Å². The molecule has 0 aliphatic carbocycles. The van der Waals surface area contributed by atoms with Gasteiger partial charge in [0.15, 0.2) is 20.9 Å². The normalized spacial score (nSPS) is 18.0. The molecule has 11 heteroatoms. The van der Waals surface area contributed by atoms with E-state index in [0.717, 1.165) is 41.5 Å². The summed E-state index contributed by atoms with van der Waals surface area (Å²) in [5.41, 5.74) is 3.06. The highest BCUT2D eigenvalue weighted by Gasteiger charge is 2.44. The van der Waals surface area contributed by atoms with E-state index in [1.165, 1.54) is 14.0 Å². The van der Waals surface area contributed by atoms with Gasteiger partial charge in [0.1, 0.15) is 11.6 Å². The topological polar surface area (TPSA) is 113 Å². The minimum absolute atomic E-state index is 0.113. The highest BCUT2D eigenvalue weighted by Crippen LogP contribution is 2.28. The number of sulfone groups is 1. The first-order valence-electron chi connectivity index (χ1n) is 11.3. The Morgan fingerprint density at radius 1 is 1.31 bits per heavy atom. The Morgan fingerprint density at radius 3 is 2.66 bits per heavy atom. The van der Waals surface area contributed by atoms with Gasteiger partial charge in [-0.15, -0.1) is 0 Å². The lowest BCUT2D eigenvalue weighted by atomic mass is 10.0. The molecule has 0 bridgehead atoms. The fourth-order valence-electron chi connectivity index (χ4n) is 3.82. The molecule has 2 aromatic rings. The molecular weight excluding hydrogens is 479 g/mol. The molecule has 0 radical (unpaired) electrons. The fraction of sp³-hybridized carbons (Fsp3) is 0.500. The van der Waals surface area contributed by atoms with Crippen LogP contribution in [0.5, 0.6) is 5.75 Å². The predicted molar refractivity (Wildman–Crippen MR) is 128 cm³/mol. The number of nitrogens with zero attached hydrogens (tertiary/aromatic N) is 1. The largest absolute Gasteiger partial charge is 0.496 e. The summed E-state index contributed by atoms with van der Waals surface area (Å²) in [6.45, 7) is 3.35. The second-order valence-electron chi connectivity index (χ2n) is 8.85. The van der Waals surface area contributed by atoms with Crippen molar-refractivity contribution in [3.05, 3.63) is 52.2 Å². The molecule has 1 aromatic carbocycles. The molecule has 1 fully saturated rings. The maximum Gasteiger partial charge on any atom is 0.264 e. The maximum atomic E-state index is 14.9. The number of amides is 1. The van der Waals surface area contributed by atoms with Crippen molar-refractivity contribution >= 4 is 15.7 Å². The van der Waals surface area contributed by atoms with Crippen molar-refractivity contribution in [3.8, 4) is 16.9 Å². The zero-order valence-electron chi connectivity index (χ0n) is 20.3. The van der Waals surface area contributed by atoms with Crippen molar-refractivity contribution in [2.45, 2.75) is 57.1 Å². The van der Waals surface area contributed by atoms with Crippen molar-refractivity contribution in [1.29, 1.82) is 0 Å². The van der Waals surface area contributed by atoms with E-state index in [1.807, 2.05) is 6.92 Å². The number of pyridine rings is 1. The Morgan fingerprint density at radius 2 is 2.06 bits per heavy atom. The minimum atomic E-state index is -3.93. The lowest BCUT2D eigenvalue weighted by Crippen LogP contribution is -2.51. The van der Waals surface area contributed by atoms with E-state index >= 15 is 0 Å². The standard InChI is InChI=1S/C24H31FN2O7S/c1-16-13-17(8-9-20(16)32-3)18-14-21(28)27(15-19(18)25)11-10-24(2,35(4,30)31)23(29)26-34-22-7-5-6-12-33-22/h8-9,13-15,22H,5-7,10-12H2,1-4H3,(H,26,29)/t22?,24-/m1/s1. The summed E-state index contributed by atoms with van der Waals surface area (Å²) < 4.78 is 49.7. The van der Waals surface area contributed by atoms with Gasteiger partial charge >= 0.3 is 0 Å². The van der Waals surface area contributed by atoms with Crippen LogP contribution < -0.4 is 15.8 Å². The molecule has 35 heavy (non-hydrogen) atoms. The summed E-state index contributed by atoms with van der Waals surface area (Å²) in [6, 6.07) is 6.20. The SMILES string of the molecule is COc1ccc(-c2cc(=O)n(CC[C@](C)(C(=O)NOC3CCCCO3)S(C)(=O)=O)cc2F)cc1C. The molecule has 0 spiro atoms. The van der Waals surface area contributed by atoms with Crippen LogP contribution in [0.15, 0.2) is 35.3 Å².